The molecule has 0 aliphatic carbocycles. The van der Waals surface area contributed by atoms with Gasteiger partial charge in [0.25, 0.3) is 5.91 Å². The Balaban J connectivity index is 1.60. The summed E-state index contributed by atoms with van der Waals surface area (Å²) in [6.45, 7) is 0.440. The Morgan fingerprint density at radius 2 is 2.45 bits per heavy atom. The number of fused-ring (bicyclic) bond motifs is 3. The molecule has 4 rings (SSSR count). The number of thiophene rings is 1. The van der Waals surface area contributed by atoms with Crippen LogP contribution in [0.25, 0.3) is 15.3 Å². The fraction of sp³-hybridized carbons (Fsp3) is 0.0833. The van der Waals surface area contributed by atoms with Crippen LogP contribution in [-0.4, -0.2) is 25.3 Å². The highest BCUT2D eigenvalue weighted by molar-refractivity contribution is 7.21. The number of aromatic amines is 1. The minimum Gasteiger partial charge on any atom is -0.347 e. The maximum Gasteiger partial charge on any atom is 0.261 e. The van der Waals surface area contributed by atoms with Gasteiger partial charge in [0.05, 0.1) is 29.0 Å². The van der Waals surface area contributed by atoms with Gasteiger partial charge in [0.15, 0.2) is 4.96 Å². The SMILES string of the molecule is O=C(NCc1cnc[nH]1)c1cc2c(nc3sccn32)s1. The maximum atomic E-state index is 12.1. The van der Waals surface area contributed by atoms with Crippen LogP contribution in [0.3, 0.4) is 0 Å². The fourth-order valence-electron chi connectivity index (χ4n) is 2.00. The molecule has 8 heteroatoms. The van der Waals surface area contributed by atoms with E-state index in [4.69, 9.17) is 0 Å². The van der Waals surface area contributed by atoms with Crippen LogP contribution in [-0.2, 0) is 6.54 Å². The maximum absolute atomic E-state index is 12.1. The molecule has 4 heterocycles. The van der Waals surface area contributed by atoms with E-state index >= 15 is 0 Å². The van der Waals surface area contributed by atoms with E-state index in [2.05, 4.69) is 20.3 Å². The molecule has 4 aromatic heterocycles. The van der Waals surface area contributed by atoms with E-state index in [1.807, 2.05) is 22.0 Å². The second-order valence-electron chi connectivity index (χ2n) is 4.23. The first-order valence-corrected chi connectivity index (χ1v) is 7.61. The van der Waals surface area contributed by atoms with E-state index in [-0.39, 0.29) is 5.91 Å². The number of nitrogens with one attached hydrogen (secondary N) is 2. The van der Waals surface area contributed by atoms with Gasteiger partial charge in [-0.1, -0.05) is 0 Å². The summed E-state index contributed by atoms with van der Waals surface area (Å²) in [5.74, 6) is -0.0911. The molecule has 0 fully saturated rings. The lowest BCUT2D eigenvalue weighted by atomic mass is 10.4. The predicted molar refractivity (Wildman–Crippen MR) is 78.2 cm³/mol. The predicted octanol–water partition coefficient (Wildman–Crippen LogP) is 2.26. The van der Waals surface area contributed by atoms with Gasteiger partial charge in [0, 0.05) is 17.8 Å². The standard InChI is InChI=1S/C12H9N5OS2/c18-10(14-5-7-4-13-6-15-7)9-3-8-11(20-9)16-12-17(8)1-2-19-12/h1-4,6H,5H2,(H,13,15)(H,14,18). The van der Waals surface area contributed by atoms with Gasteiger partial charge in [-0.2, -0.15) is 0 Å². The van der Waals surface area contributed by atoms with E-state index in [0.717, 1.165) is 21.0 Å². The zero-order valence-corrected chi connectivity index (χ0v) is 11.8. The van der Waals surface area contributed by atoms with Gasteiger partial charge in [-0.25, -0.2) is 9.97 Å². The quantitative estimate of drug-likeness (QED) is 0.609. The first kappa shape index (κ1) is 11.6. The zero-order valence-electron chi connectivity index (χ0n) is 10.2. The number of H-pyrrole nitrogens is 1. The monoisotopic (exact) mass is 303 g/mol. The van der Waals surface area contributed by atoms with Crippen LogP contribution in [0.1, 0.15) is 15.4 Å². The number of hydrogen-bond acceptors (Lipinski definition) is 5. The number of imidazole rings is 2. The number of rotatable bonds is 3. The Hall–Kier alpha value is -2.19. The minimum absolute atomic E-state index is 0.0911. The van der Waals surface area contributed by atoms with Crippen molar-refractivity contribution < 1.29 is 4.79 Å². The van der Waals surface area contributed by atoms with Crippen LogP contribution >= 0.6 is 22.7 Å². The van der Waals surface area contributed by atoms with Crippen molar-refractivity contribution in [3.8, 4) is 0 Å². The van der Waals surface area contributed by atoms with Gasteiger partial charge in [0.1, 0.15) is 4.83 Å². The summed E-state index contributed by atoms with van der Waals surface area (Å²) >= 11 is 3.00. The molecule has 0 unspecified atom stereocenters. The van der Waals surface area contributed by atoms with E-state index in [0.29, 0.717) is 11.4 Å². The molecule has 0 radical (unpaired) electrons. The molecule has 20 heavy (non-hydrogen) atoms. The van der Waals surface area contributed by atoms with Crippen molar-refractivity contribution in [1.29, 1.82) is 0 Å². The Labute approximate surface area is 121 Å². The van der Waals surface area contributed by atoms with Crippen molar-refractivity contribution in [2.24, 2.45) is 0 Å². The van der Waals surface area contributed by atoms with Gasteiger partial charge >= 0.3 is 0 Å². The average Bonchev–Trinajstić information content (AvgIpc) is 3.17. The second kappa shape index (κ2) is 4.43. The molecule has 2 N–H and O–H groups in total. The number of carbonyl (C=O) groups is 1. The van der Waals surface area contributed by atoms with Crippen LogP contribution in [0.5, 0.6) is 0 Å². The van der Waals surface area contributed by atoms with E-state index in [1.54, 1.807) is 23.9 Å². The van der Waals surface area contributed by atoms with E-state index in [1.165, 1.54) is 11.3 Å². The molecular formula is C12H9N5OS2. The summed E-state index contributed by atoms with van der Waals surface area (Å²) in [7, 11) is 0. The van der Waals surface area contributed by atoms with Crippen molar-refractivity contribution in [2.45, 2.75) is 6.54 Å². The molecule has 100 valence electrons. The van der Waals surface area contributed by atoms with Gasteiger partial charge < -0.3 is 10.3 Å². The molecule has 0 atom stereocenters. The molecule has 0 spiro atoms. The second-order valence-corrected chi connectivity index (χ2v) is 6.13. The number of carbonyl (C=O) groups excluding carboxylic acids is 1. The summed E-state index contributed by atoms with van der Waals surface area (Å²) in [6, 6.07) is 1.88. The van der Waals surface area contributed by atoms with Crippen LogP contribution in [0.4, 0.5) is 0 Å². The van der Waals surface area contributed by atoms with Crippen LogP contribution in [0, 0.1) is 0 Å². The lowest BCUT2D eigenvalue weighted by Crippen LogP contribution is -2.21. The summed E-state index contributed by atoms with van der Waals surface area (Å²) in [4.78, 5) is 26.0. The highest BCUT2D eigenvalue weighted by atomic mass is 32.1. The zero-order chi connectivity index (χ0) is 13.5. The normalized spacial score (nSPS) is 11.4. The lowest BCUT2D eigenvalue weighted by Gasteiger charge is -2.00. The molecule has 4 aromatic rings. The van der Waals surface area contributed by atoms with Gasteiger partial charge in [-0.05, 0) is 6.07 Å². The third-order valence-corrected chi connectivity index (χ3v) is 4.73. The third kappa shape index (κ3) is 1.81. The number of aromatic nitrogens is 4. The van der Waals surface area contributed by atoms with Crippen molar-refractivity contribution in [3.05, 3.63) is 40.7 Å². The van der Waals surface area contributed by atoms with Crippen molar-refractivity contribution >= 4 is 43.9 Å². The van der Waals surface area contributed by atoms with Crippen molar-refractivity contribution in [1.82, 2.24) is 24.7 Å². The van der Waals surface area contributed by atoms with Crippen LogP contribution < -0.4 is 5.32 Å². The smallest absolute Gasteiger partial charge is 0.261 e. The van der Waals surface area contributed by atoms with E-state index in [9.17, 15) is 4.79 Å². The Bertz CT molecular complexity index is 886. The van der Waals surface area contributed by atoms with Crippen molar-refractivity contribution in [3.63, 3.8) is 0 Å². The molecule has 0 aromatic carbocycles. The van der Waals surface area contributed by atoms with Crippen LogP contribution in [0.15, 0.2) is 30.2 Å². The van der Waals surface area contributed by atoms with Crippen molar-refractivity contribution in [2.75, 3.05) is 0 Å². The highest BCUT2D eigenvalue weighted by Crippen LogP contribution is 2.28. The summed E-state index contributed by atoms with van der Waals surface area (Å²) < 4.78 is 2.00. The Morgan fingerprint density at radius 3 is 3.30 bits per heavy atom. The molecule has 0 saturated carbocycles. The molecule has 1 amide bonds. The molecular weight excluding hydrogens is 294 g/mol. The molecule has 0 bridgehead atoms. The number of thiazole rings is 1. The summed E-state index contributed by atoms with van der Waals surface area (Å²) in [5.41, 5.74) is 1.86. The van der Waals surface area contributed by atoms with Gasteiger partial charge in [-0.3, -0.25) is 9.20 Å². The number of amides is 1. The first-order valence-electron chi connectivity index (χ1n) is 5.92. The fourth-order valence-corrected chi connectivity index (χ4v) is 3.72. The summed E-state index contributed by atoms with van der Waals surface area (Å²) in [5, 5.41) is 4.84. The van der Waals surface area contributed by atoms with Gasteiger partial charge in [-0.15, -0.1) is 22.7 Å². The van der Waals surface area contributed by atoms with Crippen LogP contribution in [0.2, 0.25) is 0 Å². The van der Waals surface area contributed by atoms with Gasteiger partial charge in [0.2, 0.25) is 0 Å². The highest BCUT2D eigenvalue weighted by Gasteiger charge is 2.14. The summed E-state index contributed by atoms with van der Waals surface area (Å²) in [6.07, 6.45) is 5.25. The van der Waals surface area contributed by atoms with E-state index < -0.39 is 0 Å². The minimum atomic E-state index is -0.0911. The lowest BCUT2D eigenvalue weighted by molar-refractivity contribution is 0.0954. The number of hydrogen-bond donors (Lipinski definition) is 2. The Morgan fingerprint density at radius 1 is 1.50 bits per heavy atom. The molecule has 0 saturated heterocycles. The average molecular weight is 303 g/mol. The molecule has 0 aliphatic heterocycles. The third-order valence-electron chi connectivity index (χ3n) is 2.96. The topological polar surface area (TPSA) is 75.1 Å². The number of nitrogens with zero attached hydrogens (tertiary/aromatic N) is 3. The first-order chi connectivity index (χ1) is 9.81. The largest absolute Gasteiger partial charge is 0.347 e. The Kier molecular flexibility index (Phi) is 2.57. The molecule has 6 nitrogen and oxygen atoms in total. The molecule has 0 aliphatic rings.